The van der Waals surface area contributed by atoms with Gasteiger partial charge in [-0.25, -0.2) is 4.98 Å². The number of hydrogen-bond acceptors (Lipinski definition) is 5. The highest BCUT2D eigenvalue weighted by Gasteiger charge is 2.11. The van der Waals surface area contributed by atoms with Gasteiger partial charge in [0.1, 0.15) is 6.07 Å². The maximum Gasteiger partial charge on any atom is 0.169 e. The van der Waals surface area contributed by atoms with Crippen LogP contribution in [0.1, 0.15) is 5.56 Å². The third kappa shape index (κ3) is 7.04. The zero-order valence-electron chi connectivity index (χ0n) is 19.6. The predicted octanol–water partition coefficient (Wildman–Crippen LogP) is 4.38. The number of anilines is 4. The van der Waals surface area contributed by atoms with Gasteiger partial charge in [-0.2, -0.15) is 5.26 Å². The number of carboxylic acids is 1. The summed E-state index contributed by atoms with van der Waals surface area (Å²) in [5.74, 6) is -1.48. The van der Waals surface area contributed by atoms with E-state index in [0.29, 0.717) is 5.56 Å². The predicted molar refractivity (Wildman–Crippen MR) is 137 cm³/mol. The van der Waals surface area contributed by atoms with Crippen molar-refractivity contribution in [3.63, 3.8) is 0 Å². The minimum absolute atomic E-state index is 0.402. The average molecular weight is 463 g/mol. The Morgan fingerprint density at radius 3 is 1.66 bits per heavy atom. The summed E-state index contributed by atoms with van der Waals surface area (Å²) in [6.07, 6.45) is 5.12. The minimum atomic E-state index is -1.48. The van der Waals surface area contributed by atoms with E-state index in [1.165, 1.54) is 11.8 Å². The van der Waals surface area contributed by atoms with E-state index in [1.54, 1.807) is 18.2 Å². The number of H-pyrrole nitrogens is 1. The van der Waals surface area contributed by atoms with Crippen molar-refractivity contribution >= 4 is 34.8 Å². The van der Waals surface area contributed by atoms with Crippen molar-refractivity contribution in [2.45, 2.75) is 0 Å². The summed E-state index contributed by atoms with van der Waals surface area (Å²) in [7, 11) is 4.05. The van der Waals surface area contributed by atoms with E-state index in [-0.39, 0.29) is 0 Å². The highest BCUT2D eigenvalue weighted by atomic mass is 16.4. The Morgan fingerprint density at radius 2 is 1.26 bits per heavy atom. The molecule has 0 amide bonds. The van der Waals surface area contributed by atoms with Crippen LogP contribution in [0.5, 0.6) is 0 Å². The lowest BCUT2D eigenvalue weighted by molar-refractivity contribution is -0.377. The van der Waals surface area contributed by atoms with Gasteiger partial charge in [-0.3, -0.25) is 0 Å². The number of nitrogens with zero attached hydrogens (tertiary/aromatic N) is 3. The molecular weight excluding hydrogens is 436 g/mol. The van der Waals surface area contributed by atoms with Gasteiger partial charge < -0.3 is 19.7 Å². The number of hydrogen-bond donors (Lipinski definition) is 0. The lowest BCUT2D eigenvalue weighted by Crippen LogP contribution is -2.23. The van der Waals surface area contributed by atoms with Crippen LogP contribution in [0, 0.1) is 11.3 Å². The van der Waals surface area contributed by atoms with Gasteiger partial charge in [0.2, 0.25) is 0 Å². The summed E-state index contributed by atoms with van der Waals surface area (Å²) in [6, 6.07) is 32.9. The van der Waals surface area contributed by atoms with Gasteiger partial charge in [0.25, 0.3) is 0 Å². The van der Waals surface area contributed by atoms with Crippen LogP contribution in [0.4, 0.5) is 22.7 Å². The first-order chi connectivity index (χ1) is 17.0. The second kappa shape index (κ2) is 12.4. The minimum Gasteiger partial charge on any atom is -0.544 e. The van der Waals surface area contributed by atoms with E-state index in [1.807, 2.05) is 111 Å². The molecule has 0 radical (unpaired) electrons. The molecule has 1 heterocycles. The Bertz CT molecular complexity index is 1240. The molecule has 3 aromatic carbocycles. The number of rotatable bonds is 6. The maximum absolute atomic E-state index is 10.9. The summed E-state index contributed by atoms with van der Waals surface area (Å²) in [6.45, 7) is 0. The van der Waals surface area contributed by atoms with Crippen molar-refractivity contribution in [1.29, 1.82) is 5.26 Å². The van der Waals surface area contributed by atoms with E-state index in [0.717, 1.165) is 17.1 Å². The number of pyridine rings is 1. The molecule has 0 fully saturated rings. The van der Waals surface area contributed by atoms with Crippen molar-refractivity contribution in [3.8, 4) is 6.07 Å². The van der Waals surface area contributed by atoms with Gasteiger partial charge >= 0.3 is 0 Å². The zero-order valence-corrected chi connectivity index (χ0v) is 19.6. The molecule has 0 aliphatic heterocycles. The summed E-state index contributed by atoms with van der Waals surface area (Å²) >= 11 is 0. The first kappa shape index (κ1) is 24.7. The van der Waals surface area contributed by atoms with Gasteiger partial charge in [0.15, 0.2) is 12.4 Å². The number of carbonyl (C=O) groups is 1. The molecule has 1 aromatic heterocycles. The van der Waals surface area contributed by atoms with Crippen LogP contribution in [-0.4, -0.2) is 20.1 Å². The van der Waals surface area contributed by atoms with Crippen LogP contribution < -0.4 is 19.9 Å². The molecule has 0 saturated heterocycles. The molecule has 0 atom stereocenters. The summed E-state index contributed by atoms with van der Waals surface area (Å²) in [4.78, 5) is 18.0. The Morgan fingerprint density at radius 1 is 0.771 bits per heavy atom. The Hall–Kier alpha value is -4.89. The Balaban J connectivity index is 0.000000320. The van der Waals surface area contributed by atoms with Gasteiger partial charge in [0.05, 0.1) is 11.5 Å². The fourth-order valence-electron chi connectivity index (χ4n) is 3.30. The first-order valence-electron chi connectivity index (χ1n) is 11.0. The number of aliphatic carboxylic acids is 1. The molecule has 1 N–H and O–H groups in total. The van der Waals surface area contributed by atoms with Crippen LogP contribution in [0.15, 0.2) is 115 Å². The zero-order chi connectivity index (χ0) is 25.0. The number of para-hydroxylation sites is 2. The smallest absolute Gasteiger partial charge is 0.169 e. The molecule has 6 nitrogen and oxygen atoms in total. The van der Waals surface area contributed by atoms with Crippen molar-refractivity contribution in [1.82, 2.24) is 0 Å². The average Bonchev–Trinajstić information content (AvgIpc) is 2.90. The molecule has 0 bridgehead atoms. The molecule has 0 unspecified atom stereocenters. The highest BCUT2D eigenvalue weighted by molar-refractivity contribution is 5.95. The highest BCUT2D eigenvalue weighted by Crippen LogP contribution is 2.34. The van der Waals surface area contributed by atoms with E-state index < -0.39 is 11.5 Å². The van der Waals surface area contributed by atoms with E-state index in [4.69, 9.17) is 5.26 Å². The summed E-state index contributed by atoms with van der Waals surface area (Å²) < 4.78 is 0. The van der Waals surface area contributed by atoms with Gasteiger partial charge in [-0.1, -0.05) is 48.5 Å². The molecule has 4 aromatic rings. The Kier molecular flexibility index (Phi) is 8.75. The molecule has 0 aliphatic rings. The van der Waals surface area contributed by atoms with Crippen molar-refractivity contribution < 1.29 is 14.9 Å². The fourth-order valence-corrected chi connectivity index (χ4v) is 3.30. The molecular formula is C29H26N4O2. The number of nitriles is 1. The third-order valence-electron chi connectivity index (χ3n) is 5.05. The van der Waals surface area contributed by atoms with Gasteiger partial charge in [-0.15, -0.1) is 0 Å². The molecule has 0 aliphatic carbocycles. The number of aromatic nitrogens is 1. The number of carboxylic acid groups (broad SMARTS) is 1. The molecule has 4 rings (SSSR count). The molecule has 0 spiro atoms. The lowest BCUT2D eigenvalue weighted by Gasteiger charge is -2.25. The van der Waals surface area contributed by atoms with Crippen LogP contribution in [0.25, 0.3) is 6.08 Å². The van der Waals surface area contributed by atoms with Crippen LogP contribution in [0.3, 0.4) is 0 Å². The Labute approximate surface area is 205 Å². The second-order valence-corrected chi connectivity index (χ2v) is 7.71. The summed E-state index contributed by atoms with van der Waals surface area (Å²) in [5, 5.41) is 19.7. The summed E-state index contributed by atoms with van der Waals surface area (Å²) in [5.41, 5.74) is 4.38. The van der Waals surface area contributed by atoms with E-state index >= 15 is 0 Å². The quantitative estimate of drug-likeness (QED) is 0.314. The van der Waals surface area contributed by atoms with Crippen molar-refractivity contribution in [2.75, 3.05) is 23.9 Å². The number of nitrogens with one attached hydrogen (secondary N) is 1. The van der Waals surface area contributed by atoms with Crippen LogP contribution >= 0.6 is 0 Å². The topological polar surface area (TPSA) is 84.5 Å². The molecule has 174 valence electrons. The maximum atomic E-state index is 10.9. The van der Waals surface area contributed by atoms with E-state index in [2.05, 4.69) is 14.8 Å². The number of benzene rings is 3. The molecule has 6 heteroatoms. The lowest BCUT2D eigenvalue weighted by atomic mass is 10.1. The van der Waals surface area contributed by atoms with Crippen LogP contribution in [-0.2, 0) is 4.79 Å². The fraction of sp³-hybridized carbons (Fsp3) is 0.0690. The number of carbonyl (C=O) groups excluding carboxylic acids is 1. The van der Waals surface area contributed by atoms with Crippen molar-refractivity contribution in [2.24, 2.45) is 0 Å². The van der Waals surface area contributed by atoms with Crippen LogP contribution in [0.2, 0.25) is 0 Å². The monoisotopic (exact) mass is 462 g/mol. The van der Waals surface area contributed by atoms with Crippen molar-refractivity contribution in [3.05, 3.63) is 121 Å². The standard InChI is InChI=1S/C22H16N2O2.C7H10N2/c23-16-18(22(25)26)15-17-11-13-21(14-12-17)24(19-7-3-1-4-8-19)20-9-5-2-6-10-20;1-9(2)7-3-5-8-6-4-7/h1-15H,(H,25,26);3-6H,1-2H3/b18-15+;. The molecule has 35 heavy (non-hydrogen) atoms. The normalized spacial score (nSPS) is 10.4. The molecule has 0 saturated carbocycles. The third-order valence-corrected chi connectivity index (χ3v) is 5.05. The van der Waals surface area contributed by atoms with Gasteiger partial charge in [0, 0.05) is 49.0 Å². The first-order valence-corrected chi connectivity index (χ1v) is 11.0. The number of aromatic amines is 1. The van der Waals surface area contributed by atoms with E-state index in [9.17, 15) is 9.90 Å². The largest absolute Gasteiger partial charge is 0.544 e. The second-order valence-electron chi connectivity index (χ2n) is 7.71. The van der Waals surface area contributed by atoms with Gasteiger partial charge in [-0.05, 0) is 48.0 Å². The SMILES string of the molecule is CN(C)c1cc[nH+]cc1.N#C/C(=C\c1ccc(N(c2ccccc2)c2ccccc2)cc1)C(=O)[O-].